The van der Waals surface area contributed by atoms with Gasteiger partial charge in [0.15, 0.2) is 0 Å². The minimum atomic E-state index is 0.430. The maximum absolute atomic E-state index is 6.13. The summed E-state index contributed by atoms with van der Waals surface area (Å²) in [6.07, 6.45) is 0. The summed E-state index contributed by atoms with van der Waals surface area (Å²) >= 11 is 9.71. The first kappa shape index (κ1) is 13.8. The molecule has 0 fully saturated rings. The predicted octanol–water partition coefficient (Wildman–Crippen LogP) is 4.30. The molecule has 4 rings (SSSR count). The summed E-state index contributed by atoms with van der Waals surface area (Å²) in [4.78, 5) is 0. The Hall–Kier alpha value is -1.85. The van der Waals surface area contributed by atoms with E-state index in [-0.39, 0.29) is 0 Å². The number of nitrogens with zero attached hydrogens (tertiary/aromatic N) is 3. The molecule has 0 radical (unpaired) electrons. The third kappa shape index (κ3) is 2.30. The van der Waals surface area contributed by atoms with Gasteiger partial charge in [0.25, 0.3) is 0 Å². The van der Waals surface area contributed by atoms with Gasteiger partial charge in [-0.3, -0.25) is 0 Å². The Bertz CT molecular complexity index is 862. The van der Waals surface area contributed by atoms with Crippen molar-refractivity contribution in [2.24, 2.45) is 0 Å². The molecule has 22 heavy (non-hydrogen) atoms. The number of ether oxygens (including phenoxy) is 1. The van der Waals surface area contributed by atoms with E-state index in [4.69, 9.17) is 16.3 Å². The molecule has 6 heteroatoms. The Morgan fingerprint density at radius 1 is 1.23 bits per heavy atom. The third-order valence-electron chi connectivity index (χ3n) is 3.64. The first-order valence-corrected chi connectivity index (χ1v) is 7.98. The van der Waals surface area contributed by atoms with Gasteiger partial charge in [-0.05, 0) is 29.8 Å². The molecule has 0 N–H and O–H groups in total. The van der Waals surface area contributed by atoms with Gasteiger partial charge in [0.05, 0.1) is 12.2 Å². The van der Waals surface area contributed by atoms with Gasteiger partial charge in [-0.15, -0.1) is 5.10 Å². The average Bonchev–Trinajstić information content (AvgIpc) is 2.93. The molecule has 0 aliphatic carbocycles. The lowest BCUT2D eigenvalue weighted by Crippen LogP contribution is -2.10. The van der Waals surface area contributed by atoms with Gasteiger partial charge in [0.2, 0.25) is 0 Å². The zero-order valence-corrected chi connectivity index (χ0v) is 13.8. The van der Waals surface area contributed by atoms with Crippen molar-refractivity contribution < 1.29 is 4.74 Å². The van der Waals surface area contributed by atoms with E-state index >= 15 is 0 Å². The molecule has 0 spiro atoms. The Labute approximate surface area is 140 Å². The van der Waals surface area contributed by atoms with Crippen LogP contribution < -0.4 is 4.74 Å². The standard InChI is InChI=1S/C16H11BrClN3O/c17-13-4-2-1-3-10(13)8-21-16-12-7-11(18)5-6-15(12)22-9-14(16)19-20-21/h1-7H,8-9H2. The lowest BCUT2D eigenvalue weighted by molar-refractivity contribution is 0.297. The quantitative estimate of drug-likeness (QED) is 0.669. The van der Waals surface area contributed by atoms with Crippen LogP contribution in [0.5, 0.6) is 5.75 Å². The van der Waals surface area contributed by atoms with Gasteiger partial charge in [0.1, 0.15) is 18.1 Å². The van der Waals surface area contributed by atoms with E-state index in [1.807, 2.05) is 41.1 Å². The molecule has 3 aromatic rings. The van der Waals surface area contributed by atoms with Crippen LogP contribution in [0.2, 0.25) is 5.02 Å². The molecule has 2 aromatic carbocycles. The van der Waals surface area contributed by atoms with Crippen LogP contribution in [0, 0.1) is 0 Å². The summed E-state index contributed by atoms with van der Waals surface area (Å²) in [5.74, 6) is 0.813. The summed E-state index contributed by atoms with van der Waals surface area (Å²) in [5.41, 5.74) is 3.89. The molecule has 1 aliphatic rings. The monoisotopic (exact) mass is 375 g/mol. The SMILES string of the molecule is Clc1ccc2c(c1)-c1c(nnn1Cc1ccccc1Br)CO2. The molecule has 2 heterocycles. The van der Waals surface area contributed by atoms with Gasteiger partial charge in [-0.25, -0.2) is 4.68 Å². The fourth-order valence-corrected chi connectivity index (χ4v) is 3.18. The smallest absolute Gasteiger partial charge is 0.134 e. The number of hydrogen-bond acceptors (Lipinski definition) is 3. The van der Waals surface area contributed by atoms with Crippen molar-refractivity contribution in [3.63, 3.8) is 0 Å². The van der Waals surface area contributed by atoms with E-state index in [1.165, 1.54) is 0 Å². The van der Waals surface area contributed by atoms with E-state index < -0.39 is 0 Å². The summed E-state index contributed by atoms with van der Waals surface area (Å²) in [5, 5.41) is 9.20. The fraction of sp³-hybridized carbons (Fsp3) is 0.125. The van der Waals surface area contributed by atoms with Crippen molar-refractivity contribution in [2.75, 3.05) is 0 Å². The minimum absolute atomic E-state index is 0.430. The highest BCUT2D eigenvalue weighted by molar-refractivity contribution is 9.10. The maximum atomic E-state index is 6.13. The van der Waals surface area contributed by atoms with Gasteiger partial charge in [-0.1, -0.05) is 50.9 Å². The number of aromatic nitrogens is 3. The van der Waals surface area contributed by atoms with E-state index in [1.54, 1.807) is 0 Å². The third-order valence-corrected chi connectivity index (χ3v) is 4.65. The Morgan fingerprint density at radius 2 is 2.09 bits per heavy atom. The lowest BCUT2D eigenvalue weighted by Gasteiger charge is -2.18. The molecule has 0 unspecified atom stereocenters. The molecule has 1 aliphatic heterocycles. The van der Waals surface area contributed by atoms with Crippen molar-refractivity contribution in [3.05, 3.63) is 63.2 Å². The Balaban J connectivity index is 1.82. The molecule has 1 aromatic heterocycles. The highest BCUT2D eigenvalue weighted by Gasteiger charge is 2.24. The van der Waals surface area contributed by atoms with Crippen molar-refractivity contribution in [2.45, 2.75) is 13.2 Å². The van der Waals surface area contributed by atoms with Crippen molar-refractivity contribution in [3.8, 4) is 17.0 Å². The highest BCUT2D eigenvalue weighted by Crippen LogP contribution is 2.38. The van der Waals surface area contributed by atoms with Crippen LogP contribution in [0.15, 0.2) is 46.9 Å². The number of rotatable bonds is 2. The van der Waals surface area contributed by atoms with Crippen LogP contribution in [0.3, 0.4) is 0 Å². The van der Waals surface area contributed by atoms with E-state index in [9.17, 15) is 0 Å². The molecule has 4 nitrogen and oxygen atoms in total. The Morgan fingerprint density at radius 3 is 2.95 bits per heavy atom. The van der Waals surface area contributed by atoms with Crippen LogP contribution in [0.4, 0.5) is 0 Å². The average molecular weight is 377 g/mol. The van der Waals surface area contributed by atoms with Crippen LogP contribution in [-0.4, -0.2) is 15.0 Å². The van der Waals surface area contributed by atoms with Crippen molar-refractivity contribution in [1.82, 2.24) is 15.0 Å². The van der Waals surface area contributed by atoms with Crippen LogP contribution in [-0.2, 0) is 13.2 Å². The van der Waals surface area contributed by atoms with Crippen molar-refractivity contribution in [1.29, 1.82) is 0 Å². The highest BCUT2D eigenvalue weighted by atomic mass is 79.9. The zero-order chi connectivity index (χ0) is 15.1. The molecule has 0 saturated carbocycles. The second kappa shape index (κ2) is 5.41. The largest absolute Gasteiger partial charge is 0.486 e. The van der Waals surface area contributed by atoms with E-state index in [2.05, 4.69) is 32.3 Å². The molecular formula is C16H11BrClN3O. The second-order valence-electron chi connectivity index (χ2n) is 5.06. The fourth-order valence-electron chi connectivity index (χ4n) is 2.60. The Kier molecular flexibility index (Phi) is 3.39. The van der Waals surface area contributed by atoms with Gasteiger partial charge >= 0.3 is 0 Å². The number of benzene rings is 2. The molecular weight excluding hydrogens is 366 g/mol. The second-order valence-corrected chi connectivity index (χ2v) is 6.35. The lowest BCUT2D eigenvalue weighted by atomic mass is 10.1. The molecule has 0 amide bonds. The molecule has 0 bridgehead atoms. The molecule has 0 atom stereocenters. The van der Waals surface area contributed by atoms with Gasteiger partial charge < -0.3 is 4.74 Å². The topological polar surface area (TPSA) is 39.9 Å². The van der Waals surface area contributed by atoms with Crippen LogP contribution in [0.1, 0.15) is 11.3 Å². The molecule has 110 valence electrons. The molecule has 0 saturated heterocycles. The van der Waals surface area contributed by atoms with Crippen molar-refractivity contribution >= 4 is 27.5 Å². The number of fused-ring (bicyclic) bond motifs is 3. The first-order valence-electron chi connectivity index (χ1n) is 6.81. The van der Waals surface area contributed by atoms with Crippen LogP contribution >= 0.6 is 27.5 Å². The van der Waals surface area contributed by atoms with E-state index in [0.717, 1.165) is 32.7 Å². The predicted molar refractivity (Wildman–Crippen MR) is 88.0 cm³/mol. The summed E-state index contributed by atoms with van der Waals surface area (Å²) in [6, 6.07) is 13.7. The normalized spacial score (nSPS) is 12.5. The first-order chi connectivity index (χ1) is 10.7. The summed E-state index contributed by atoms with van der Waals surface area (Å²) < 4.78 is 8.66. The van der Waals surface area contributed by atoms with Gasteiger partial charge in [0, 0.05) is 15.1 Å². The zero-order valence-electron chi connectivity index (χ0n) is 11.5. The maximum Gasteiger partial charge on any atom is 0.134 e. The minimum Gasteiger partial charge on any atom is -0.486 e. The number of halogens is 2. The number of hydrogen-bond donors (Lipinski definition) is 0. The van der Waals surface area contributed by atoms with E-state index in [0.29, 0.717) is 18.2 Å². The van der Waals surface area contributed by atoms with Gasteiger partial charge in [-0.2, -0.15) is 0 Å². The van der Waals surface area contributed by atoms with Crippen LogP contribution in [0.25, 0.3) is 11.3 Å². The summed E-state index contributed by atoms with van der Waals surface area (Å²) in [7, 11) is 0. The summed E-state index contributed by atoms with van der Waals surface area (Å²) in [6.45, 7) is 1.07.